The van der Waals surface area contributed by atoms with E-state index in [-0.39, 0.29) is 5.57 Å². The Morgan fingerprint density at radius 3 is 2.45 bits per heavy atom. The van der Waals surface area contributed by atoms with E-state index in [9.17, 15) is 10.1 Å². The van der Waals surface area contributed by atoms with Crippen molar-refractivity contribution < 1.29 is 9.53 Å². The Kier molecular flexibility index (Phi) is 6.77. The van der Waals surface area contributed by atoms with E-state index in [0.717, 1.165) is 33.3 Å². The zero-order chi connectivity index (χ0) is 23.2. The van der Waals surface area contributed by atoms with Gasteiger partial charge in [0.1, 0.15) is 17.4 Å². The van der Waals surface area contributed by atoms with E-state index in [1.165, 1.54) is 0 Å². The van der Waals surface area contributed by atoms with Crippen LogP contribution in [0.4, 0.5) is 0 Å². The van der Waals surface area contributed by atoms with Gasteiger partial charge < -0.3 is 14.6 Å². The third kappa shape index (κ3) is 5.25. The monoisotopic (exact) mass is 455 g/mol. The van der Waals surface area contributed by atoms with E-state index in [2.05, 4.69) is 9.88 Å². The van der Waals surface area contributed by atoms with Crippen molar-refractivity contribution in [1.82, 2.24) is 9.88 Å². The molecule has 0 radical (unpaired) electrons. The number of amides is 1. The first kappa shape index (κ1) is 22.2. The summed E-state index contributed by atoms with van der Waals surface area (Å²) in [6.07, 6.45) is 3.61. The molecular weight excluding hydrogens is 434 g/mol. The maximum Gasteiger partial charge on any atom is 0.262 e. The topological polar surface area (TPSA) is 67.0 Å². The number of ether oxygens (including phenoxy) is 1. The van der Waals surface area contributed by atoms with Gasteiger partial charge in [-0.3, -0.25) is 4.79 Å². The second-order valence-corrected chi connectivity index (χ2v) is 7.99. The molecule has 0 fully saturated rings. The number of rotatable bonds is 7. The highest BCUT2D eigenvalue weighted by molar-refractivity contribution is 6.30. The molecule has 3 aromatic carbocycles. The summed E-state index contributed by atoms with van der Waals surface area (Å²) in [5, 5.41) is 14.1. The van der Waals surface area contributed by atoms with Gasteiger partial charge in [0.2, 0.25) is 0 Å². The normalized spacial score (nSPS) is 11.2. The molecule has 1 heterocycles. The lowest BCUT2D eigenvalue weighted by Gasteiger charge is -2.06. The van der Waals surface area contributed by atoms with E-state index in [1.807, 2.05) is 85.1 Å². The number of para-hydroxylation sites is 1. The van der Waals surface area contributed by atoms with Crippen LogP contribution in [0.15, 0.2) is 84.6 Å². The molecule has 0 saturated heterocycles. The summed E-state index contributed by atoms with van der Waals surface area (Å²) >= 11 is 6.01. The van der Waals surface area contributed by atoms with Crippen molar-refractivity contribution >= 4 is 34.5 Å². The van der Waals surface area contributed by atoms with Crippen LogP contribution in [-0.2, 0) is 17.9 Å². The van der Waals surface area contributed by atoms with E-state index in [4.69, 9.17) is 16.3 Å². The van der Waals surface area contributed by atoms with Gasteiger partial charge in [-0.15, -0.1) is 0 Å². The van der Waals surface area contributed by atoms with Crippen LogP contribution < -0.4 is 10.1 Å². The van der Waals surface area contributed by atoms with E-state index in [1.54, 1.807) is 13.2 Å². The summed E-state index contributed by atoms with van der Waals surface area (Å²) in [6.45, 7) is 0.969. The molecule has 1 N–H and O–H groups in total. The summed E-state index contributed by atoms with van der Waals surface area (Å²) in [7, 11) is 1.60. The standard InChI is InChI=1S/C27H22ClN3O2/c1-33-24-12-8-19(9-13-24)16-30-27(32)21(15-29)14-22-18-31(26-5-3-2-4-25(22)26)17-20-6-10-23(28)11-7-20/h2-14,18H,16-17H2,1H3,(H,30,32)/b21-14-. The summed E-state index contributed by atoms with van der Waals surface area (Å²) in [5.74, 6) is 0.334. The number of aromatic nitrogens is 1. The second-order valence-electron chi connectivity index (χ2n) is 7.56. The number of nitrogens with zero attached hydrogens (tertiary/aromatic N) is 2. The summed E-state index contributed by atoms with van der Waals surface area (Å²) in [4.78, 5) is 12.7. The van der Waals surface area contributed by atoms with Crippen LogP contribution in [0, 0.1) is 11.3 Å². The largest absolute Gasteiger partial charge is 0.497 e. The van der Waals surface area contributed by atoms with Crippen molar-refractivity contribution in [2.24, 2.45) is 0 Å². The SMILES string of the molecule is COc1ccc(CNC(=O)/C(C#N)=C\c2cn(Cc3ccc(Cl)cc3)c3ccccc23)cc1. The van der Waals surface area contributed by atoms with Gasteiger partial charge in [-0.1, -0.05) is 54.1 Å². The molecule has 1 aromatic heterocycles. The van der Waals surface area contributed by atoms with Gasteiger partial charge in [0.05, 0.1) is 7.11 Å². The molecule has 6 heteroatoms. The van der Waals surface area contributed by atoms with Crippen LogP contribution >= 0.6 is 11.6 Å². The smallest absolute Gasteiger partial charge is 0.262 e. The quantitative estimate of drug-likeness (QED) is 0.292. The maximum absolute atomic E-state index is 12.7. The van der Waals surface area contributed by atoms with Crippen molar-refractivity contribution in [3.63, 3.8) is 0 Å². The molecule has 4 rings (SSSR count). The molecule has 1 amide bonds. The van der Waals surface area contributed by atoms with Crippen molar-refractivity contribution in [2.75, 3.05) is 7.11 Å². The van der Waals surface area contributed by atoms with Gasteiger partial charge in [-0.2, -0.15) is 5.26 Å². The number of nitrogens with one attached hydrogen (secondary N) is 1. The van der Waals surface area contributed by atoms with E-state index >= 15 is 0 Å². The first-order chi connectivity index (χ1) is 16.1. The van der Waals surface area contributed by atoms with E-state index < -0.39 is 5.91 Å². The summed E-state index contributed by atoms with van der Waals surface area (Å²) < 4.78 is 7.25. The first-order valence-electron chi connectivity index (χ1n) is 10.4. The predicted molar refractivity (Wildman–Crippen MR) is 131 cm³/mol. The fraction of sp³-hybridized carbons (Fsp3) is 0.111. The van der Waals surface area contributed by atoms with Gasteiger partial charge in [0.25, 0.3) is 5.91 Å². The highest BCUT2D eigenvalue weighted by Gasteiger charge is 2.13. The number of hydrogen-bond donors (Lipinski definition) is 1. The molecule has 0 bridgehead atoms. The third-order valence-corrected chi connectivity index (χ3v) is 5.61. The molecule has 0 atom stereocenters. The molecular formula is C27H22ClN3O2. The molecule has 0 aliphatic heterocycles. The molecule has 0 unspecified atom stereocenters. The number of carbonyl (C=O) groups is 1. The minimum absolute atomic E-state index is 0.0536. The average molecular weight is 456 g/mol. The summed E-state index contributed by atoms with van der Waals surface area (Å²) in [5.41, 5.74) is 3.91. The minimum atomic E-state index is -0.414. The lowest BCUT2D eigenvalue weighted by molar-refractivity contribution is -0.117. The van der Waals surface area contributed by atoms with Crippen molar-refractivity contribution in [3.05, 3.63) is 106 Å². The average Bonchev–Trinajstić information content (AvgIpc) is 3.19. The van der Waals surface area contributed by atoms with Gasteiger partial charge in [0.15, 0.2) is 0 Å². The number of hydrogen-bond acceptors (Lipinski definition) is 3. The molecule has 0 spiro atoms. The van der Waals surface area contributed by atoms with Gasteiger partial charge >= 0.3 is 0 Å². The zero-order valence-corrected chi connectivity index (χ0v) is 18.8. The highest BCUT2D eigenvalue weighted by Crippen LogP contribution is 2.25. The Bertz CT molecular complexity index is 1350. The lowest BCUT2D eigenvalue weighted by atomic mass is 10.1. The van der Waals surface area contributed by atoms with E-state index in [0.29, 0.717) is 18.1 Å². The summed E-state index contributed by atoms with van der Waals surface area (Å²) in [6, 6.07) is 25.1. The molecule has 0 aliphatic rings. The number of halogens is 1. The molecule has 164 valence electrons. The van der Waals surface area contributed by atoms with Crippen LogP contribution in [0.1, 0.15) is 16.7 Å². The molecule has 33 heavy (non-hydrogen) atoms. The number of methoxy groups -OCH3 is 1. The maximum atomic E-state index is 12.7. The Balaban J connectivity index is 1.57. The van der Waals surface area contributed by atoms with Crippen LogP contribution in [-0.4, -0.2) is 17.6 Å². The Labute approximate surface area is 197 Å². The van der Waals surface area contributed by atoms with Crippen molar-refractivity contribution in [1.29, 1.82) is 5.26 Å². The number of benzene rings is 3. The number of fused-ring (bicyclic) bond motifs is 1. The minimum Gasteiger partial charge on any atom is -0.497 e. The van der Waals surface area contributed by atoms with Crippen molar-refractivity contribution in [3.8, 4) is 11.8 Å². The fourth-order valence-electron chi connectivity index (χ4n) is 3.63. The second kappa shape index (κ2) is 10.1. The van der Waals surface area contributed by atoms with Gasteiger partial charge in [-0.05, 0) is 47.5 Å². The fourth-order valence-corrected chi connectivity index (χ4v) is 3.76. The highest BCUT2D eigenvalue weighted by atomic mass is 35.5. The number of carbonyl (C=O) groups excluding carboxylic acids is 1. The van der Waals surface area contributed by atoms with Crippen LogP contribution in [0.3, 0.4) is 0 Å². The first-order valence-corrected chi connectivity index (χ1v) is 10.8. The predicted octanol–water partition coefficient (Wildman–Crippen LogP) is 5.57. The number of nitriles is 1. The van der Waals surface area contributed by atoms with Crippen LogP contribution in [0.25, 0.3) is 17.0 Å². The third-order valence-electron chi connectivity index (χ3n) is 5.36. The van der Waals surface area contributed by atoms with Gasteiger partial charge in [-0.25, -0.2) is 0 Å². The van der Waals surface area contributed by atoms with Crippen LogP contribution in [0.2, 0.25) is 5.02 Å². The Morgan fingerprint density at radius 2 is 1.76 bits per heavy atom. The zero-order valence-electron chi connectivity index (χ0n) is 18.1. The molecule has 0 aliphatic carbocycles. The van der Waals surface area contributed by atoms with Gasteiger partial charge in [0, 0.05) is 40.8 Å². The molecule has 0 saturated carbocycles. The molecule has 5 nitrogen and oxygen atoms in total. The molecule has 4 aromatic rings. The Hall–Kier alpha value is -4.01. The Morgan fingerprint density at radius 1 is 1.06 bits per heavy atom. The van der Waals surface area contributed by atoms with Crippen LogP contribution in [0.5, 0.6) is 5.75 Å². The lowest BCUT2D eigenvalue weighted by Crippen LogP contribution is -2.23. The van der Waals surface area contributed by atoms with Crippen molar-refractivity contribution in [2.45, 2.75) is 13.1 Å².